The molecule has 1 N–H and O–H groups in total. The second kappa shape index (κ2) is 6.47. The third kappa shape index (κ3) is 3.75. The summed E-state index contributed by atoms with van der Waals surface area (Å²) >= 11 is 0. The van der Waals surface area contributed by atoms with E-state index in [2.05, 4.69) is 6.92 Å². The Morgan fingerprint density at radius 3 is 2.47 bits per heavy atom. The van der Waals surface area contributed by atoms with Crippen LogP contribution >= 0.6 is 0 Å². The number of rotatable bonds is 4. The van der Waals surface area contributed by atoms with Crippen LogP contribution < -0.4 is 0 Å². The van der Waals surface area contributed by atoms with Gasteiger partial charge in [0.05, 0.1) is 6.10 Å². The first-order valence-electron chi connectivity index (χ1n) is 7.22. The topological polar surface area (TPSA) is 20.2 Å². The van der Waals surface area contributed by atoms with Crippen LogP contribution in [0, 0.1) is 23.5 Å². The molecule has 0 aliphatic heterocycles. The van der Waals surface area contributed by atoms with Crippen LogP contribution in [0.5, 0.6) is 0 Å². The fourth-order valence-electron chi connectivity index (χ4n) is 3.06. The highest BCUT2D eigenvalue weighted by Gasteiger charge is 2.26. The van der Waals surface area contributed by atoms with Gasteiger partial charge in [-0.3, -0.25) is 0 Å². The molecule has 1 aromatic rings. The smallest absolute Gasteiger partial charge is 0.129 e. The molecule has 3 heteroatoms. The number of aliphatic hydroxyl groups excluding tert-OH is 1. The molecule has 0 saturated heterocycles. The fourth-order valence-corrected chi connectivity index (χ4v) is 3.06. The summed E-state index contributed by atoms with van der Waals surface area (Å²) in [7, 11) is 0. The van der Waals surface area contributed by atoms with Crippen molar-refractivity contribution in [2.24, 2.45) is 11.8 Å². The maximum Gasteiger partial charge on any atom is 0.129 e. The monoisotopic (exact) mass is 268 g/mol. The Balaban J connectivity index is 1.92. The SMILES string of the molecule is CCC1CCC(C(O)Cc2ccc(F)cc2F)CC1. The van der Waals surface area contributed by atoms with E-state index in [0.29, 0.717) is 5.56 Å². The Labute approximate surface area is 113 Å². The molecule has 1 unspecified atom stereocenters. The van der Waals surface area contributed by atoms with E-state index in [1.807, 2.05) is 0 Å². The zero-order chi connectivity index (χ0) is 13.8. The Hall–Kier alpha value is -0.960. The van der Waals surface area contributed by atoms with Crippen molar-refractivity contribution in [2.75, 3.05) is 0 Å². The Bertz CT molecular complexity index is 411. The molecule has 1 aliphatic carbocycles. The van der Waals surface area contributed by atoms with Gasteiger partial charge >= 0.3 is 0 Å². The van der Waals surface area contributed by atoms with Crippen LogP contribution in [0.4, 0.5) is 8.78 Å². The highest BCUT2D eigenvalue weighted by Crippen LogP contribution is 2.33. The summed E-state index contributed by atoms with van der Waals surface area (Å²) in [6, 6.07) is 3.57. The van der Waals surface area contributed by atoms with Crippen molar-refractivity contribution in [3.8, 4) is 0 Å². The van der Waals surface area contributed by atoms with E-state index in [0.717, 1.165) is 37.7 Å². The molecular weight excluding hydrogens is 246 g/mol. The summed E-state index contributed by atoms with van der Waals surface area (Å²) in [4.78, 5) is 0. The van der Waals surface area contributed by atoms with Crippen molar-refractivity contribution >= 4 is 0 Å². The molecule has 1 atom stereocenters. The van der Waals surface area contributed by atoms with E-state index in [-0.39, 0.29) is 12.3 Å². The van der Waals surface area contributed by atoms with Crippen molar-refractivity contribution in [3.63, 3.8) is 0 Å². The minimum Gasteiger partial charge on any atom is -0.392 e. The molecule has 106 valence electrons. The van der Waals surface area contributed by atoms with Crippen molar-refractivity contribution in [2.45, 2.75) is 51.6 Å². The third-order valence-electron chi connectivity index (χ3n) is 4.46. The Kier molecular flexibility index (Phi) is 4.92. The molecule has 1 aliphatic rings. The van der Waals surface area contributed by atoms with Gasteiger partial charge in [0.2, 0.25) is 0 Å². The first kappa shape index (κ1) is 14.4. The summed E-state index contributed by atoms with van der Waals surface area (Å²) in [5.74, 6) is -0.0845. The van der Waals surface area contributed by atoms with Gasteiger partial charge in [-0.1, -0.05) is 32.3 Å². The van der Waals surface area contributed by atoms with E-state index in [9.17, 15) is 13.9 Å². The number of benzene rings is 1. The van der Waals surface area contributed by atoms with Crippen LogP contribution in [-0.2, 0) is 6.42 Å². The van der Waals surface area contributed by atoms with Crippen molar-refractivity contribution in [1.82, 2.24) is 0 Å². The number of hydrogen-bond donors (Lipinski definition) is 1. The minimum absolute atomic E-state index is 0.257. The highest BCUT2D eigenvalue weighted by molar-refractivity contribution is 5.19. The van der Waals surface area contributed by atoms with Gasteiger partial charge in [0.15, 0.2) is 0 Å². The van der Waals surface area contributed by atoms with E-state index >= 15 is 0 Å². The number of halogens is 2. The molecule has 0 heterocycles. The standard InChI is InChI=1S/C16H22F2O/c1-2-11-3-5-12(6-4-11)16(19)9-13-7-8-14(17)10-15(13)18/h7-8,10-12,16,19H,2-6,9H2,1H3. The van der Waals surface area contributed by atoms with Gasteiger partial charge in [0.25, 0.3) is 0 Å². The lowest BCUT2D eigenvalue weighted by molar-refractivity contribution is 0.0728. The van der Waals surface area contributed by atoms with Crippen LogP contribution in [-0.4, -0.2) is 11.2 Å². The normalized spacial score (nSPS) is 25.3. The Morgan fingerprint density at radius 1 is 1.21 bits per heavy atom. The maximum atomic E-state index is 13.5. The van der Waals surface area contributed by atoms with Crippen LogP contribution in [0.25, 0.3) is 0 Å². The summed E-state index contributed by atoms with van der Waals surface area (Å²) in [5.41, 5.74) is 0.409. The third-order valence-corrected chi connectivity index (χ3v) is 4.46. The van der Waals surface area contributed by atoms with Gasteiger partial charge in [0.1, 0.15) is 11.6 Å². The lowest BCUT2D eigenvalue weighted by Gasteiger charge is -2.31. The lowest BCUT2D eigenvalue weighted by atomic mass is 9.77. The van der Waals surface area contributed by atoms with Crippen LogP contribution in [0.2, 0.25) is 0 Å². The number of aliphatic hydroxyl groups is 1. The molecule has 1 aromatic carbocycles. The van der Waals surface area contributed by atoms with Crippen molar-refractivity contribution in [1.29, 1.82) is 0 Å². The maximum absolute atomic E-state index is 13.5. The summed E-state index contributed by atoms with van der Waals surface area (Å²) < 4.78 is 26.4. The fraction of sp³-hybridized carbons (Fsp3) is 0.625. The molecule has 0 bridgehead atoms. The molecule has 2 rings (SSSR count). The molecule has 0 radical (unpaired) electrons. The molecule has 0 amide bonds. The van der Waals surface area contributed by atoms with Gasteiger partial charge in [0, 0.05) is 12.5 Å². The lowest BCUT2D eigenvalue weighted by Crippen LogP contribution is -2.27. The summed E-state index contributed by atoms with van der Waals surface area (Å²) in [6.45, 7) is 2.20. The molecule has 0 aromatic heterocycles. The van der Waals surface area contributed by atoms with E-state index in [1.54, 1.807) is 0 Å². The zero-order valence-electron chi connectivity index (χ0n) is 11.4. The van der Waals surface area contributed by atoms with Crippen molar-refractivity contribution in [3.05, 3.63) is 35.4 Å². The molecule has 1 fully saturated rings. The first-order chi connectivity index (χ1) is 9.10. The first-order valence-corrected chi connectivity index (χ1v) is 7.22. The predicted octanol–water partition coefficient (Wildman–Crippen LogP) is 4.08. The van der Waals surface area contributed by atoms with Crippen LogP contribution in [0.1, 0.15) is 44.6 Å². The highest BCUT2D eigenvalue weighted by atomic mass is 19.1. The minimum atomic E-state index is -0.570. The second-order valence-corrected chi connectivity index (χ2v) is 5.70. The zero-order valence-corrected chi connectivity index (χ0v) is 11.4. The quantitative estimate of drug-likeness (QED) is 0.872. The van der Waals surface area contributed by atoms with Gasteiger partial charge < -0.3 is 5.11 Å². The van der Waals surface area contributed by atoms with E-state index < -0.39 is 17.7 Å². The van der Waals surface area contributed by atoms with Gasteiger partial charge in [-0.15, -0.1) is 0 Å². The molecular formula is C16H22F2O. The van der Waals surface area contributed by atoms with E-state index in [1.165, 1.54) is 18.6 Å². The van der Waals surface area contributed by atoms with Crippen LogP contribution in [0.3, 0.4) is 0 Å². The van der Waals surface area contributed by atoms with Gasteiger partial charge in [-0.25, -0.2) is 8.78 Å². The second-order valence-electron chi connectivity index (χ2n) is 5.70. The predicted molar refractivity (Wildman–Crippen MR) is 71.8 cm³/mol. The van der Waals surface area contributed by atoms with E-state index in [4.69, 9.17) is 0 Å². The largest absolute Gasteiger partial charge is 0.392 e. The van der Waals surface area contributed by atoms with Crippen LogP contribution in [0.15, 0.2) is 18.2 Å². The number of hydrogen-bond acceptors (Lipinski definition) is 1. The van der Waals surface area contributed by atoms with Gasteiger partial charge in [-0.2, -0.15) is 0 Å². The summed E-state index contributed by atoms with van der Waals surface area (Å²) in [6.07, 6.45) is 5.32. The average Bonchev–Trinajstić information content (AvgIpc) is 2.42. The van der Waals surface area contributed by atoms with Gasteiger partial charge in [-0.05, 0) is 36.3 Å². The molecule has 0 spiro atoms. The molecule has 19 heavy (non-hydrogen) atoms. The summed E-state index contributed by atoms with van der Waals surface area (Å²) in [5, 5.41) is 10.2. The Morgan fingerprint density at radius 2 is 1.89 bits per heavy atom. The molecule has 1 nitrogen and oxygen atoms in total. The van der Waals surface area contributed by atoms with Crippen molar-refractivity contribution < 1.29 is 13.9 Å². The average molecular weight is 268 g/mol. The molecule has 1 saturated carbocycles.